The minimum atomic E-state index is -0.397. The highest BCUT2D eigenvalue weighted by atomic mass is 16.5. The summed E-state index contributed by atoms with van der Waals surface area (Å²) in [6, 6.07) is 12.7. The quantitative estimate of drug-likeness (QED) is 0.388. The molecule has 4 nitrogen and oxygen atoms in total. The molecule has 102 valence electrons. The Bertz CT molecular complexity index is 940. The molecule has 1 aliphatic heterocycles. The molecule has 0 radical (unpaired) electrons. The zero-order valence-electron chi connectivity index (χ0n) is 11.2. The molecule has 3 aromatic rings. The lowest BCUT2D eigenvalue weighted by Crippen LogP contribution is -2.02. The Labute approximate surface area is 119 Å². The number of hydrogen-bond acceptors (Lipinski definition) is 4. The number of carbonyl (C=O) groups excluding carboxylic acids is 2. The fraction of sp³-hybridized carbons (Fsp3) is 0.0588. The molecule has 0 N–H and O–H groups in total. The Morgan fingerprint density at radius 1 is 1.00 bits per heavy atom. The Balaban J connectivity index is 2.25. The van der Waals surface area contributed by atoms with Crippen LogP contribution in [0.15, 0.2) is 42.5 Å². The van der Waals surface area contributed by atoms with Crippen LogP contribution in [0.4, 0.5) is 0 Å². The van der Waals surface area contributed by atoms with Gasteiger partial charge in [-0.25, -0.2) is 4.79 Å². The van der Waals surface area contributed by atoms with Crippen molar-refractivity contribution in [3.63, 3.8) is 0 Å². The van der Waals surface area contributed by atoms with Gasteiger partial charge in [0.05, 0.1) is 5.56 Å². The topological polar surface area (TPSA) is 52.6 Å². The molecule has 0 unspecified atom stereocenters. The van der Waals surface area contributed by atoms with E-state index in [9.17, 15) is 9.59 Å². The standard InChI is InChI=1S/C17H10O4/c1-9(18)20-15-10-5-2-3-6-11(10)16-14-12(15)7-4-8-13(14)17(19)21-16/h2-8H,1H3. The summed E-state index contributed by atoms with van der Waals surface area (Å²) < 4.78 is 10.8. The van der Waals surface area contributed by atoms with Gasteiger partial charge >= 0.3 is 11.9 Å². The average molecular weight is 278 g/mol. The van der Waals surface area contributed by atoms with Crippen molar-refractivity contribution in [2.45, 2.75) is 6.92 Å². The van der Waals surface area contributed by atoms with Crippen molar-refractivity contribution in [3.8, 4) is 11.5 Å². The minimum Gasteiger partial charge on any atom is -0.425 e. The summed E-state index contributed by atoms with van der Waals surface area (Å²) >= 11 is 0. The lowest BCUT2D eigenvalue weighted by molar-refractivity contribution is -0.131. The van der Waals surface area contributed by atoms with E-state index in [4.69, 9.17) is 9.47 Å². The van der Waals surface area contributed by atoms with Gasteiger partial charge in [-0.15, -0.1) is 0 Å². The summed E-state index contributed by atoms with van der Waals surface area (Å²) in [4.78, 5) is 23.4. The lowest BCUT2D eigenvalue weighted by atomic mass is 9.98. The molecule has 0 spiro atoms. The van der Waals surface area contributed by atoms with Crippen LogP contribution in [0.25, 0.3) is 21.5 Å². The summed E-state index contributed by atoms with van der Waals surface area (Å²) in [6.07, 6.45) is 0. The van der Waals surface area contributed by atoms with Crippen LogP contribution in [0.1, 0.15) is 17.3 Å². The number of hydrogen-bond donors (Lipinski definition) is 0. The third-order valence-electron chi connectivity index (χ3n) is 3.61. The van der Waals surface area contributed by atoms with Gasteiger partial charge in [0.15, 0.2) is 0 Å². The molecular weight excluding hydrogens is 268 g/mol. The molecule has 0 aromatic heterocycles. The Hall–Kier alpha value is -2.88. The van der Waals surface area contributed by atoms with E-state index >= 15 is 0 Å². The zero-order chi connectivity index (χ0) is 14.6. The molecule has 4 rings (SSSR count). The second kappa shape index (κ2) is 4.06. The Morgan fingerprint density at radius 2 is 1.71 bits per heavy atom. The minimum absolute atomic E-state index is 0.374. The Kier molecular flexibility index (Phi) is 2.30. The first kappa shape index (κ1) is 11.9. The van der Waals surface area contributed by atoms with E-state index in [1.54, 1.807) is 12.1 Å². The summed E-state index contributed by atoms with van der Waals surface area (Å²) in [5, 5.41) is 2.93. The number of fused-ring (bicyclic) bond motifs is 2. The molecule has 0 bridgehead atoms. The first-order valence-electron chi connectivity index (χ1n) is 6.55. The van der Waals surface area contributed by atoms with Gasteiger partial charge in [0.1, 0.15) is 11.5 Å². The fourth-order valence-electron chi connectivity index (χ4n) is 2.82. The van der Waals surface area contributed by atoms with E-state index in [2.05, 4.69) is 0 Å². The van der Waals surface area contributed by atoms with Crippen LogP contribution >= 0.6 is 0 Å². The Morgan fingerprint density at radius 3 is 2.48 bits per heavy atom. The smallest absolute Gasteiger partial charge is 0.344 e. The monoisotopic (exact) mass is 278 g/mol. The van der Waals surface area contributed by atoms with E-state index in [0.717, 1.165) is 10.8 Å². The number of rotatable bonds is 1. The number of ether oxygens (including phenoxy) is 2. The van der Waals surface area contributed by atoms with E-state index in [1.165, 1.54) is 6.92 Å². The normalized spacial score (nSPS) is 12.7. The number of esters is 2. The van der Waals surface area contributed by atoms with Crippen molar-refractivity contribution in [1.29, 1.82) is 0 Å². The van der Waals surface area contributed by atoms with E-state index in [0.29, 0.717) is 27.8 Å². The van der Waals surface area contributed by atoms with Crippen LogP contribution in [-0.2, 0) is 4.79 Å². The van der Waals surface area contributed by atoms with Crippen LogP contribution in [-0.4, -0.2) is 11.9 Å². The van der Waals surface area contributed by atoms with Gasteiger partial charge in [-0.2, -0.15) is 0 Å². The zero-order valence-corrected chi connectivity index (χ0v) is 11.2. The molecule has 0 atom stereocenters. The van der Waals surface area contributed by atoms with Gasteiger partial charge in [0.25, 0.3) is 0 Å². The van der Waals surface area contributed by atoms with Crippen molar-refractivity contribution < 1.29 is 19.1 Å². The summed E-state index contributed by atoms with van der Waals surface area (Å²) in [5.41, 5.74) is 0.502. The lowest BCUT2D eigenvalue weighted by Gasteiger charge is -2.11. The molecule has 0 saturated carbocycles. The van der Waals surface area contributed by atoms with Gasteiger partial charge in [0, 0.05) is 28.5 Å². The molecule has 0 saturated heterocycles. The average Bonchev–Trinajstić information content (AvgIpc) is 2.82. The third-order valence-corrected chi connectivity index (χ3v) is 3.61. The van der Waals surface area contributed by atoms with E-state index < -0.39 is 5.97 Å². The maximum absolute atomic E-state index is 12.0. The van der Waals surface area contributed by atoms with E-state index in [-0.39, 0.29) is 5.97 Å². The number of carbonyl (C=O) groups is 2. The van der Waals surface area contributed by atoms with Crippen LogP contribution in [0.3, 0.4) is 0 Å². The highest BCUT2D eigenvalue weighted by Crippen LogP contribution is 2.47. The van der Waals surface area contributed by atoms with Gasteiger partial charge in [-0.05, 0) is 6.07 Å². The van der Waals surface area contributed by atoms with Gasteiger partial charge in [-0.1, -0.05) is 36.4 Å². The molecule has 3 aromatic carbocycles. The highest BCUT2D eigenvalue weighted by molar-refractivity contribution is 6.22. The molecule has 0 fully saturated rings. The molecule has 1 heterocycles. The second-order valence-corrected chi connectivity index (χ2v) is 4.92. The molecular formula is C17H10O4. The summed E-state index contributed by atoms with van der Waals surface area (Å²) in [6.45, 7) is 1.36. The largest absolute Gasteiger partial charge is 0.425 e. The number of benzene rings is 3. The summed E-state index contributed by atoms with van der Waals surface area (Å²) in [5.74, 6) is 0.237. The second-order valence-electron chi connectivity index (χ2n) is 4.92. The molecule has 1 aliphatic rings. The van der Waals surface area contributed by atoms with Gasteiger partial charge in [-0.3, -0.25) is 4.79 Å². The predicted molar refractivity (Wildman–Crippen MR) is 77.7 cm³/mol. The highest BCUT2D eigenvalue weighted by Gasteiger charge is 2.28. The van der Waals surface area contributed by atoms with Crippen molar-refractivity contribution in [1.82, 2.24) is 0 Å². The van der Waals surface area contributed by atoms with Crippen LogP contribution in [0, 0.1) is 0 Å². The van der Waals surface area contributed by atoms with E-state index in [1.807, 2.05) is 30.3 Å². The van der Waals surface area contributed by atoms with Crippen LogP contribution in [0.5, 0.6) is 11.5 Å². The van der Waals surface area contributed by atoms with Crippen molar-refractivity contribution in [2.75, 3.05) is 0 Å². The first-order chi connectivity index (χ1) is 10.2. The van der Waals surface area contributed by atoms with Crippen LogP contribution in [0.2, 0.25) is 0 Å². The third kappa shape index (κ3) is 1.56. The van der Waals surface area contributed by atoms with Gasteiger partial charge < -0.3 is 9.47 Å². The van der Waals surface area contributed by atoms with Crippen LogP contribution < -0.4 is 9.47 Å². The van der Waals surface area contributed by atoms with Gasteiger partial charge in [0.2, 0.25) is 0 Å². The van der Waals surface area contributed by atoms with Crippen molar-refractivity contribution >= 4 is 33.5 Å². The molecule has 0 aliphatic carbocycles. The van der Waals surface area contributed by atoms with Crippen molar-refractivity contribution in [2.24, 2.45) is 0 Å². The molecule has 21 heavy (non-hydrogen) atoms. The predicted octanol–water partition coefficient (Wildman–Crippen LogP) is 3.45. The maximum Gasteiger partial charge on any atom is 0.344 e. The van der Waals surface area contributed by atoms with Crippen molar-refractivity contribution in [3.05, 3.63) is 48.0 Å². The first-order valence-corrected chi connectivity index (χ1v) is 6.55. The SMILES string of the molecule is CC(=O)Oc1c2ccccc2c2c3c(cccc13)C(=O)O2. The molecule has 4 heteroatoms. The summed E-state index contributed by atoms with van der Waals surface area (Å²) in [7, 11) is 0. The fourth-order valence-corrected chi connectivity index (χ4v) is 2.82. The molecule has 0 amide bonds. The maximum atomic E-state index is 12.0.